The van der Waals surface area contributed by atoms with Gasteiger partial charge in [-0.05, 0) is 62.3 Å². The summed E-state index contributed by atoms with van der Waals surface area (Å²) in [5.41, 5.74) is 2.53. The summed E-state index contributed by atoms with van der Waals surface area (Å²) in [7, 11) is 1.62. The molecular weight excluding hydrogens is 342 g/mol. The molecule has 1 aliphatic carbocycles. The van der Waals surface area contributed by atoms with Gasteiger partial charge in [-0.15, -0.1) is 0 Å². The van der Waals surface area contributed by atoms with Crippen molar-refractivity contribution in [2.75, 3.05) is 13.7 Å². The highest BCUT2D eigenvalue weighted by Crippen LogP contribution is 2.23. The van der Waals surface area contributed by atoms with Gasteiger partial charge in [0.2, 0.25) is 5.91 Å². The first kappa shape index (κ1) is 19.3. The number of rotatable bonds is 6. The predicted molar refractivity (Wildman–Crippen MR) is 106 cm³/mol. The maximum Gasteiger partial charge on any atom is 0.274 e. The highest BCUT2D eigenvalue weighted by Gasteiger charge is 2.26. The molecule has 6 heteroatoms. The van der Waals surface area contributed by atoms with Crippen molar-refractivity contribution in [3.05, 3.63) is 45.9 Å². The number of aromatic nitrogens is 2. The summed E-state index contributed by atoms with van der Waals surface area (Å²) in [6.07, 6.45) is 3.83. The first-order chi connectivity index (χ1) is 13.0. The number of carbonyl (C=O) groups excluding carboxylic acids is 1. The van der Waals surface area contributed by atoms with Crippen LogP contribution in [0.5, 0.6) is 5.75 Å². The minimum atomic E-state index is -0.0215. The van der Waals surface area contributed by atoms with Crippen LogP contribution in [0.25, 0.3) is 5.69 Å². The first-order valence-corrected chi connectivity index (χ1v) is 9.74. The number of H-pyrrole nitrogens is 1. The van der Waals surface area contributed by atoms with E-state index in [0.717, 1.165) is 54.9 Å². The number of methoxy groups -OCH3 is 1. The molecule has 1 heterocycles. The van der Waals surface area contributed by atoms with Gasteiger partial charge in [0.05, 0.1) is 12.8 Å². The van der Waals surface area contributed by atoms with Crippen LogP contribution in [-0.4, -0.2) is 29.3 Å². The van der Waals surface area contributed by atoms with Crippen molar-refractivity contribution < 1.29 is 9.53 Å². The van der Waals surface area contributed by atoms with Crippen LogP contribution in [0.3, 0.4) is 0 Å². The maximum atomic E-state index is 12.8. The molecule has 146 valence electrons. The Hall–Kier alpha value is -2.50. The van der Waals surface area contributed by atoms with Gasteiger partial charge in [0.1, 0.15) is 5.75 Å². The number of fused-ring (bicyclic) bond motifs is 1. The van der Waals surface area contributed by atoms with Gasteiger partial charge in [0, 0.05) is 23.7 Å². The normalized spacial score (nSPS) is 16.7. The number of nitrogens with zero attached hydrogens (tertiary/aromatic N) is 1. The van der Waals surface area contributed by atoms with Crippen LogP contribution in [-0.2, 0) is 17.6 Å². The van der Waals surface area contributed by atoms with Crippen LogP contribution in [0.15, 0.2) is 29.1 Å². The number of aryl methyl sites for hydroxylation is 1. The predicted octanol–water partition coefficient (Wildman–Crippen LogP) is 2.83. The molecule has 0 saturated heterocycles. The number of ether oxygens (including phenoxy) is 1. The van der Waals surface area contributed by atoms with E-state index in [1.807, 2.05) is 24.3 Å². The Morgan fingerprint density at radius 2 is 1.96 bits per heavy atom. The second-order valence-corrected chi connectivity index (χ2v) is 7.66. The van der Waals surface area contributed by atoms with Crippen LogP contribution in [0.2, 0.25) is 0 Å². The molecule has 1 aromatic heterocycles. The Morgan fingerprint density at radius 3 is 2.63 bits per heavy atom. The summed E-state index contributed by atoms with van der Waals surface area (Å²) in [4.78, 5) is 25.3. The summed E-state index contributed by atoms with van der Waals surface area (Å²) in [6, 6.07) is 7.40. The monoisotopic (exact) mass is 371 g/mol. The standard InChI is InChI=1S/C21H29N3O3/c1-14(2)12-13-22-20(25)15-4-10-18-19(11-5-15)23-24(21(18)26)16-6-8-17(27-3)9-7-16/h6-9,14-15,23H,4-5,10-13H2,1-3H3,(H,22,25). The molecule has 1 amide bonds. The Kier molecular flexibility index (Phi) is 6.04. The molecule has 1 aromatic carbocycles. The minimum absolute atomic E-state index is 0.0176. The van der Waals surface area contributed by atoms with Crippen LogP contribution < -0.4 is 15.6 Å². The van der Waals surface area contributed by atoms with Gasteiger partial charge in [0.25, 0.3) is 5.56 Å². The Balaban J connectivity index is 1.69. The average molecular weight is 371 g/mol. The van der Waals surface area contributed by atoms with Crippen molar-refractivity contribution in [3.63, 3.8) is 0 Å². The zero-order valence-electron chi connectivity index (χ0n) is 16.4. The SMILES string of the molecule is COc1ccc(-n2[nH]c3c(c2=O)CCC(C(=O)NCCC(C)C)CC3)cc1. The fourth-order valence-electron chi connectivity index (χ4n) is 3.57. The van der Waals surface area contributed by atoms with Gasteiger partial charge in [-0.3, -0.25) is 14.7 Å². The first-order valence-electron chi connectivity index (χ1n) is 9.74. The van der Waals surface area contributed by atoms with E-state index in [-0.39, 0.29) is 17.4 Å². The third-order valence-corrected chi connectivity index (χ3v) is 5.28. The van der Waals surface area contributed by atoms with Crippen molar-refractivity contribution >= 4 is 5.91 Å². The van der Waals surface area contributed by atoms with Gasteiger partial charge < -0.3 is 10.1 Å². The number of amides is 1. The maximum absolute atomic E-state index is 12.8. The highest BCUT2D eigenvalue weighted by atomic mass is 16.5. The van der Waals surface area contributed by atoms with E-state index in [1.54, 1.807) is 11.8 Å². The fraction of sp³-hybridized carbons (Fsp3) is 0.524. The van der Waals surface area contributed by atoms with E-state index in [2.05, 4.69) is 24.3 Å². The van der Waals surface area contributed by atoms with Crippen LogP contribution >= 0.6 is 0 Å². The van der Waals surface area contributed by atoms with Gasteiger partial charge in [-0.2, -0.15) is 0 Å². The summed E-state index contributed by atoms with van der Waals surface area (Å²) in [5, 5.41) is 6.29. The number of nitrogens with one attached hydrogen (secondary N) is 2. The Bertz CT molecular complexity index is 833. The quantitative estimate of drug-likeness (QED) is 0.767. The lowest BCUT2D eigenvalue weighted by molar-refractivity contribution is -0.125. The van der Waals surface area contributed by atoms with Crippen molar-refractivity contribution in [1.82, 2.24) is 15.1 Å². The van der Waals surface area contributed by atoms with E-state index >= 15 is 0 Å². The third-order valence-electron chi connectivity index (χ3n) is 5.28. The summed E-state index contributed by atoms with van der Waals surface area (Å²) < 4.78 is 6.76. The zero-order valence-corrected chi connectivity index (χ0v) is 16.4. The van der Waals surface area contributed by atoms with E-state index in [1.165, 1.54) is 0 Å². The lowest BCUT2D eigenvalue weighted by Crippen LogP contribution is -2.32. The number of hydrogen-bond donors (Lipinski definition) is 2. The molecule has 2 aromatic rings. The van der Waals surface area contributed by atoms with Crippen molar-refractivity contribution in [2.24, 2.45) is 11.8 Å². The lowest BCUT2D eigenvalue weighted by Gasteiger charge is -2.15. The van der Waals surface area contributed by atoms with E-state index < -0.39 is 0 Å². The topological polar surface area (TPSA) is 76.1 Å². The summed E-state index contributed by atoms with van der Waals surface area (Å²) in [5.74, 6) is 1.44. The Morgan fingerprint density at radius 1 is 1.26 bits per heavy atom. The van der Waals surface area contributed by atoms with Gasteiger partial charge >= 0.3 is 0 Å². The fourth-order valence-corrected chi connectivity index (χ4v) is 3.57. The molecule has 0 aliphatic heterocycles. The second-order valence-electron chi connectivity index (χ2n) is 7.66. The molecule has 0 radical (unpaired) electrons. The molecule has 0 spiro atoms. The zero-order chi connectivity index (χ0) is 19.4. The van der Waals surface area contributed by atoms with Crippen LogP contribution in [0.4, 0.5) is 0 Å². The van der Waals surface area contributed by atoms with Crippen LogP contribution in [0, 0.1) is 11.8 Å². The third kappa shape index (κ3) is 4.43. The molecule has 1 unspecified atom stereocenters. The smallest absolute Gasteiger partial charge is 0.274 e. The molecule has 0 saturated carbocycles. The van der Waals surface area contributed by atoms with E-state index in [9.17, 15) is 9.59 Å². The van der Waals surface area contributed by atoms with Gasteiger partial charge in [-0.25, -0.2) is 4.68 Å². The minimum Gasteiger partial charge on any atom is -0.497 e. The van der Waals surface area contributed by atoms with Gasteiger partial charge in [-0.1, -0.05) is 13.8 Å². The molecule has 1 atom stereocenters. The molecule has 1 aliphatic rings. The molecule has 0 bridgehead atoms. The van der Waals surface area contributed by atoms with Crippen molar-refractivity contribution in [2.45, 2.75) is 46.0 Å². The Labute approximate surface area is 159 Å². The molecule has 2 N–H and O–H groups in total. The second kappa shape index (κ2) is 8.46. The average Bonchev–Trinajstić information content (AvgIpc) is 2.84. The molecule has 0 fully saturated rings. The number of aromatic amines is 1. The number of carbonyl (C=O) groups is 1. The van der Waals surface area contributed by atoms with Crippen molar-refractivity contribution in [1.29, 1.82) is 0 Å². The molecule has 3 rings (SSSR count). The van der Waals surface area contributed by atoms with E-state index in [0.29, 0.717) is 12.3 Å². The molecule has 6 nitrogen and oxygen atoms in total. The lowest BCUT2D eigenvalue weighted by atomic mass is 9.98. The van der Waals surface area contributed by atoms with Crippen molar-refractivity contribution in [3.8, 4) is 11.4 Å². The summed E-state index contributed by atoms with van der Waals surface area (Å²) in [6.45, 7) is 5.03. The number of benzene rings is 1. The summed E-state index contributed by atoms with van der Waals surface area (Å²) >= 11 is 0. The molecule has 27 heavy (non-hydrogen) atoms. The molecular formula is C21H29N3O3. The largest absolute Gasteiger partial charge is 0.497 e. The van der Waals surface area contributed by atoms with Crippen LogP contribution in [0.1, 0.15) is 44.4 Å². The number of hydrogen-bond acceptors (Lipinski definition) is 3. The van der Waals surface area contributed by atoms with Gasteiger partial charge in [0.15, 0.2) is 0 Å². The van der Waals surface area contributed by atoms with E-state index in [4.69, 9.17) is 4.74 Å². The highest BCUT2D eigenvalue weighted by molar-refractivity contribution is 5.78.